The number of nitrogens with one attached hydrogen (secondary N) is 2. The summed E-state index contributed by atoms with van der Waals surface area (Å²) in [5.41, 5.74) is 5.28. The standard InChI is InChI=1S/C18H19FN2O2.C9H14N2.C2H6.CH3Cl/c1-4-23-17-8-15(19)12(7-16(17)22-3)6-13-10-21-18-14(13)5-11(2)9-20-18;1-5-6-7-9(11-4)8(2)10-3;2*1-2/h5,7-10H,4,6H2,1-3H3,(H,20,21);5-7,11H,1,3H2,2,4H3;1-2H3;1H3/b;7-6-,9-8-;;. The molecule has 2 aromatic heterocycles. The first kappa shape index (κ1) is 34.4. The number of aryl methyl sites for hydroxylation is 1. The van der Waals surface area contributed by atoms with Gasteiger partial charge in [-0.3, -0.25) is 4.99 Å². The number of benzene rings is 1. The summed E-state index contributed by atoms with van der Waals surface area (Å²) in [6.07, 6.45) is 11.1. The van der Waals surface area contributed by atoms with Gasteiger partial charge in [0.25, 0.3) is 0 Å². The third kappa shape index (κ3) is 10.4. The first-order chi connectivity index (χ1) is 18.4. The molecule has 0 unspecified atom stereocenters. The van der Waals surface area contributed by atoms with Crippen LogP contribution in [0.4, 0.5) is 4.39 Å². The number of halogens is 2. The highest BCUT2D eigenvalue weighted by atomic mass is 35.5. The van der Waals surface area contributed by atoms with Gasteiger partial charge in [0.05, 0.1) is 25.1 Å². The number of fused-ring (bicyclic) bond motifs is 1. The van der Waals surface area contributed by atoms with Crippen LogP contribution in [0.15, 0.2) is 71.8 Å². The molecule has 0 aliphatic carbocycles. The fraction of sp³-hybridized carbons (Fsp3) is 0.333. The monoisotopic (exact) mass is 544 g/mol. The molecule has 0 fully saturated rings. The lowest BCUT2D eigenvalue weighted by molar-refractivity contribution is 0.308. The summed E-state index contributed by atoms with van der Waals surface area (Å²) in [5.74, 6) is 0.661. The van der Waals surface area contributed by atoms with Crippen molar-refractivity contribution in [2.45, 2.75) is 41.0 Å². The zero-order valence-electron chi connectivity index (χ0n) is 23.9. The molecule has 0 saturated carbocycles. The fourth-order valence-corrected chi connectivity index (χ4v) is 3.29. The van der Waals surface area contributed by atoms with E-state index in [1.54, 1.807) is 19.3 Å². The average Bonchev–Trinajstić information content (AvgIpc) is 3.34. The number of ether oxygens (including phenoxy) is 2. The summed E-state index contributed by atoms with van der Waals surface area (Å²) in [7, 11) is 3.40. The maximum atomic E-state index is 14.4. The van der Waals surface area contributed by atoms with Crippen molar-refractivity contribution < 1.29 is 13.9 Å². The second-order valence-corrected chi connectivity index (χ2v) is 7.43. The zero-order chi connectivity index (χ0) is 29.1. The molecule has 8 heteroatoms. The van der Waals surface area contributed by atoms with Crippen molar-refractivity contribution in [1.29, 1.82) is 0 Å². The number of likely N-dealkylation sites (N-methyl/N-ethyl adjacent to an activating group) is 1. The van der Waals surface area contributed by atoms with Gasteiger partial charge in [-0.2, -0.15) is 0 Å². The molecule has 0 spiro atoms. The van der Waals surface area contributed by atoms with Gasteiger partial charge in [-0.1, -0.05) is 32.6 Å². The van der Waals surface area contributed by atoms with Gasteiger partial charge in [0.2, 0.25) is 0 Å². The number of aromatic amines is 1. The van der Waals surface area contributed by atoms with E-state index in [0.29, 0.717) is 30.1 Å². The average molecular weight is 545 g/mol. The van der Waals surface area contributed by atoms with Crippen LogP contribution in [0.3, 0.4) is 0 Å². The number of rotatable bonds is 9. The van der Waals surface area contributed by atoms with Crippen LogP contribution in [-0.2, 0) is 6.42 Å². The Balaban J connectivity index is 0.000000774. The molecule has 0 amide bonds. The molecule has 0 radical (unpaired) electrons. The number of nitrogens with zero attached hydrogens (tertiary/aromatic N) is 2. The van der Waals surface area contributed by atoms with Gasteiger partial charge in [-0.25, -0.2) is 9.37 Å². The molecule has 208 valence electrons. The predicted octanol–water partition coefficient (Wildman–Crippen LogP) is 7.77. The number of hydrogen-bond acceptors (Lipinski definition) is 5. The first-order valence-electron chi connectivity index (χ1n) is 12.3. The van der Waals surface area contributed by atoms with Crippen LogP contribution in [-0.4, -0.2) is 43.8 Å². The fourth-order valence-electron chi connectivity index (χ4n) is 3.29. The van der Waals surface area contributed by atoms with Crippen molar-refractivity contribution in [2.75, 3.05) is 27.1 Å². The number of H-pyrrole nitrogens is 1. The van der Waals surface area contributed by atoms with E-state index >= 15 is 0 Å². The number of alkyl halides is 1. The van der Waals surface area contributed by atoms with Crippen LogP contribution in [0.25, 0.3) is 11.0 Å². The Morgan fingerprint density at radius 2 is 1.89 bits per heavy atom. The van der Waals surface area contributed by atoms with E-state index in [1.807, 2.05) is 66.2 Å². The highest BCUT2D eigenvalue weighted by molar-refractivity contribution is 6.15. The lowest BCUT2D eigenvalue weighted by Crippen LogP contribution is -2.04. The summed E-state index contributed by atoms with van der Waals surface area (Å²) >= 11 is 4.64. The molecule has 2 heterocycles. The molecule has 0 aliphatic heterocycles. The number of aromatic nitrogens is 2. The third-order valence-electron chi connectivity index (χ3n) is 5.06. The Labute approximate surface area is 232 Å². The van der Waals surface area contributed by atoms with Gasteiger partial charge in [0, 0.05) is 43.7 Å². The van der Waals surface area contributed by atoms with Crippen LogP contribution in [0.5, 0.6) is 11.5 Å². The van der Waals surface area contributed by atoms with Crippen LogP contribution in [0.1, 0.15) is 44.4 Å². The molecule has 3 rings (SSSR count). The number of pyridine rings is 1. The normalized spacial score (nSPS) is 10.6. The van der Waals surface area contributed by atoms with E-state index in [-0.39, 0.29) is 5.82 Å². The van der Waals surface area contributed by atoms with Crippen molar-refractivity contribution in [3.63, 3.8) is 0 Å². The summed E-state index contributed by atoms with van der Waals surface area (Å²) in [5, 5.41) is 4.01. The Bertz CT molecular complexity index is 1200. The van der Waals surface area contributed by atoms with Gasteiger partial charge >= 0.3 is 0 Å². The Hall–Kier alpha value is -3.58. The van der Waals surface area contributed by atoms with Gasteiger partial charge in [-0.15, -0.1) is 11.6 Å². The van der Waals surface area contributed by atoms with Crippen LogP contribution < -0.4 is 14.8 Å². The van der Waals surface area contributed by atoms with Crippen molar-refractivity contribution >= 4 is 29.4 Å². The molecule has 0 saturated heterocycles. The predicted molar refractivity (Wildman–Crippen MR) is 162 cm³/mol. The largest absolute Gasteiger partial charge is 0.493 e. The molecule has 6 nitrogen and oxygen atoms in total. The maximum Gasteiger partial charge on any atom is 0.164 e. The zero-order valence-corrected chi connectivity index (χ0v) is 24.7. The minimum atomic E-state index is -0.302. The second-order valence-electron chi connectivity index (χ2n) is 7.43. The lowest BCUT2D eigenvalue weighted by Gasteiger charge is -2.12. The van der Waals surface area contributed by atoms with E-state index < -0.39 is 0 Å². The van der Waals surface area contributed by atoms with Crippen LogP contribution in [0.2, 0.25) is 0 Å². The van der Waals surface area contributed by atoms with Crippen molar-refractivity contribution in [2.24, 2.45) is 4.99 Å². The lowest BCUT2D eigenvalue weighted by atomic mass is 10.0. The van der Waals surface area contributed by atoms with E-state index in [4.69, 9.17) is 9.47 Å². The molecule has 3 aromatic rings. The summed E-state index contributed by atoms with van der Waals surface area (Å²) < 4.78 is 25.1. The van der Waals surface area contributed by atoms with Crippen LogP contribution in [0, 0.1) is 12.7 Å². The smallest absolute Gasteiger partial charge is 0.164 e. The summed E-state index contributed by atoms with van der Waals surface area (Å²) in [6.45, 7) is 17.2. The van der Waals surface area contributed by atoms with Crippen molar-refractivity contribution in [1.82, 2.24) is 15.3 Å². The van der Waals surface area contributed by atoms with Crippen molar-refractivity contribution in [3.05, 3.63) is 89.3 Å². The minimum absolute atomic E-state index is 0.302. The van der Waals surface area contributed by atoms with Gasteiger partial charge in [-0.05, 0) is 62.4 Å². The van der Waals surface area contributed by atoms with E-state index in [2.05, 4.69) is 51.2 Å². The Kier molecular flexibility index (Phi) is 17.7. The maximum absolute atomic E-state index is 14.4. The Morgan fingerprint density at radius 1 is 1.21 bits per heavy atom. The highest BCUT2D eigenvalue weighted by Gasteiger charge is 2.14. The molecule has 0 atom stereocenters. The molecule has 0 aliphatic rings. The first-order valence-corrected chi connectivity index (χ1v) is 13.1. The quantitative estimate of drug-likeness (QED) is 0.164. The van der Waals surface area contributed by atoms with E-state index in [9.17, 15) is 4.39 Å². The molecule has 1 aromatic carbocycles. The molecular formula is C30H42ClFN4O2. The van der Waals surface area contributed by atoms with Gasteiger partial charge in [0.1, 0.15) is 11.5 Å². The number of hydrogen-bond donors (Lipinski definition) is 2. The molecule has 0 bridgehead atoms. The Morgan fingerprint density at radius 3 is 2.45 bits per heavy atom. The third-order valence-corrected chi connectivity index (χ3v) is 5.06. The summed E-state index contributed by atoms with van der Waals surface area (Å²) in [6, 6.07) is 5.14. The minimum Gasteiger partial charge on any atom is -0.493 e. The number of methoxy groups -OCH3 is 1. The number of aliphatic imine (C=N–C) groups is 1. The molecule has 38 heavy (non-hydrogen) atoms. The van der Waals surface area contributed by atoms with Gasteiger partial charge < -0.3 is 19.8 Å². The molecule has 2 N–H and O–H groups in total. The molecular weight excluding hydrogens is 503 g/mol. The van der Waals surface area contributed by atoms with Crippen molar-refractivity contribution in [3.8, 4) is 11.5 Å². The summed E-state index contributed by atoms with van der Waals surface area (Å²) in [4.78, 5) is 11.3. The van der Waals surface area contributed by atoms with E-state index in [0.717, 1.165) is 33.6 Å². The topological polar surface area (TPSA) is 71.5 Å². The number of allylic oxidation sites excluding steroid dienone is 4. The second kappa shape index (κ2) is 19.5. The van der Waals surface area contributed by atoms with E-state index in [1.165, 1.54) is 12.4 Å². The van der Waals surface area contributed by atoms with Crippen LogP contribution >= 0.6 is 11.6 Å². The van der Waals surface area contributed by atoms with Gasteiger partial charge in [0.15, 0.2) is 11.5 Å². The SMILES string of the molecule is C=C/C=C\C(NC)=C(/C)N=C.CC.CCOc1cc(F)c(Cc2c[nH]c3ncc(C)cc23)cc1OC.CCl. The highest BCUT2D eigenvalue weighted by Crippen LogP contribution is 2.32.